The Morgan fingerprint density at radius 2 is 0.790 bits per heavy atom. The van der Waals surface area contributed by atoms with Gasteiger partial charge < -0.3 is 4.57 Å². The van der Waals surface area contributed by atoms with Crippen LogP contribution in [-0.2, 0) is 0 Å². The third kappa shape index (κ3) is 5.90. The molecule has 0 amide bonds. The molecule has 0 aliphatic rings. The van der Waals surface area contributed by atoms with E-state index >= 15 is 0 Å². The lowest BCUT2D eigenvalue weighted by molar-refractivity contribution is 0.955. The summed E-state index contributed by atoms with van der Waals surface area (Å²) in [7, 11) is 0. The lowest BCUT2D eigenvalue weighted by Crippen LogP contribution is -2.06. The number of rotatable bonds is 7. The molecule has 5 heteroatoms. The van der Waals surface area contributed by atoms with Crippen molar-refractivity contribution < 1.29 is 0 Å². The van der Waals surface area contributed by atoms with Crippen molar-refractivity contribution >= 4 is 43.6 Å². The highest BCUT2D eigenvalue weighted by Gasteiger charge is 2.24. The molecule has 12 rings (SSSR count). The van der Waals surface area contributed by atoms with E-state index in [0.29, 0.717) is 17.6 Å². The molecule has 9 aromatic carbocycles. The number of nitrogens with zero attached hydrogens (tertiary/aromatic N) is 5. The van der Waals surface area contributed by atoms with Gasteiger partial charge in [0.1, 0.15) is 0 Å². The van der Waals surface area contributed by atoms with Gasteiger partial charge in [-0.15, -0.1) is 0 Å². The first-order chi connectivity index (χ1) is 30.8. The lowest BCUT2D eigenvalue weighted by atomic mass is 9.94. The molecule has 3 aromatic heterocycles. The molecule has 0 bridgehead atoms. The molecule has 0 aliphatic carbocycles. The van der Waals surface area contributed by atoms with Gasteiger partial charge in [0.05, 0.1) is 27.8 Å². The van der Waals surface area contributed by atoms with E-state index in [1.54, 1.807) is 0 Å². The maximum atomic E-state index is 5.28. The van der Waals surface area contributed by atoms with E-state index in [0.717, 1.165) is 77.1 Å². The van der Waals surface area contributed by atoms with Crippen LogP contribution < -0.4 is 0 Å². The zero-order chi connectivity index (χ0) is 41.0. The van der Waals surface area contributed by atoms with Gasteiger partial charge in [-0.3, -0.25) is 4.57 Å². The lowest BCUT2D eigenvalue weighted by Gasteiger charge is -2.17. The van der Waals surface area contributed by atoms with E-state index in [1.807, 2.05) is 36.4 Å². The average molecular weight is 792 g/mol. The fraction of sp³-hybridized carbons (Fsp3) is 0. The minimum Gasteiger partial charge on any atom is -0.309 e. The van der Waals surface area contributed by atoms with Crippen molar-refractivity contribution in [1.29, 1.82) is 0 Å². The second-order valence-corrected chi connectivity index (χ2v) is 15.6. The smallest absolute Gasteiger partial charge is 0.238 e. The summed E-state index contributed by atoms with van der Waals surface area (Å²) in [6, 6.07) is 79.4. The van der Waals surface area contributed by atoms with Crippen molar-refractivity contribution in [3.8, 4) is 67.8 Å². The molecule has 12 aromatic rings. The van der Waals surface area contributed by atoms with Crippen LogP contribution in [0.2, 0.25) is 0 Å². The Morgan fingerprint density at radius 3 is 1.42 bits per heavy atom. The molecule has 0 aliphatic heterocycles. The van der Waals surface area contributed by atoms with Gasteiger partial charge in [0.15, 0.2) is 11.6 Å². The topological polar surface area (TPSA) is 48.5 Å². The molecule has 0 spiro atoms. The van der Waals surface area contributed by atoms with Gasteiger partial charge >= 0.3 is 0 Å². The standard InChI is InChI=1S/C57H37N5/c1-5-18-38(19-6-1)42-26-17-27-44(36-42)48-37-43(39-20-7-2-8-21-39)32-34-51(48)61-50-31-16-14-29-47(50)53-52(61)35-33-46-45-28-13-15-30-49(45)62(54(46)53)57-59-55(40-22-9-3-10-23-40)58-56(60-57)41-24-11-4-12-25-41/h1-37H. The minimum absolute atomic E-state index is 0.568. The first kappa shape index (κ1) is 35.5. The second kappa shape index (κ2) is 14.7. The predicted octanol–water partition coefficient (Wildman–Crippen LogP) is 14.4. The number of hydrogen-bond donors (Lipinski definition) is 0. The molecular weight excluding hydrogens is 755 g/mol. The maximum absolute atomic E-state index is 5.28. The number of hydrogen-bond acceptors (Lipinski definition) is 3. The fourth-order valence-corrected chi connectivity index (χ4v) is 9.14. The van der Waals surface area contributed by atoms with Crippen LogP contribution in [0.4, 0.5) is 0 Å². The summed E-state index contributed by atoms with van der Waals surface area (Å²) in [6.07, 6.45) is 0. The van der Waals surface area contributed by atoms with Crippen molar-refractivity contribution in [1.82, 2.24) is 24.1 Å². The molecule has 290 valence electrons. The first-order valence-electron chi connectivity index (χ1n) is 21.0. The van der Waals surface area contributed by atoms with E-state index < -0.39 is 0 Å². The number of para-hydroxylation sites is 2. The van der Waals surface area contributed by atoms with Crippen LogP contribution in [-0.4, -0.2) is 24.1 Å². The molecular formula is C57H37N5. The van der Waals surface area contributed by atoms with Crippen LogP contribution in [0.5, 0.6) is 0 Å². The summed E-state index contributed by atoms with van der Waals surface area (Å²) in [5.41, 5.74) is 14.2. The normalized spacial score (nSPS) is 11.5. The Bertz CT molecular complexity index is 3550. The van der Waals surface area contributed by atoms with E-state index in [4.69, 9.17) is 15.0 Å². The minimum atomic E-state index is 0.568. The monoisotopic (exact) mass is 791 g/mol. The molecule has 0 saturated heterocycles. The van der Waals surface area contributed by atoms with Crippen LogP contribution in [0.15, 0.2) is 224 Å². The van der Waals surface area contributed by atoms with Crippen molar-refractivity contribution in [2.45, 2.75) is 0 Å². The molecule has 0 radical (unpaired) electrons. The Morgan fingerprint density at radius 1 is 0.290 bits per heavy atom. The molecule has 0 N–H and O–H groups in total. The highest BCUT2D eigenvalue weighted by molar-refractivity contribution is 6.26. The van der Waals surface area contributed by atoms with E-state index in [2.05, 4.69) is 197 Å². The van der Waals surface area contributed by atoms with Crippen molar-refractivity contribution in [2.24, 2.45) is 0 Å². The van der Waals surface area contributed by atoms with Crippen LogP contribution >= 0.6 is 0 Å². The Labute approximate surface area is 358 Å². The molecule has 0 saturated carbocycles. The van der Waals surface area contributed by atoms with Crippen LogP contribution in [0.1, 0.15) is 0 Å². The van der Waals surface area contributed by atoms with Gasteiger partial charge in [-0.2, -0.15) is 9.97 Å². The van der Waals surface area contributed by atoms with Crippen molar-refractivity contribution in [3.63, 3.8) is 0 Å². The Balaban J connectivity index is 1.17. The summed E-state index contributed by atoms with van der Waals surface area (Å²) in [5, 5.41) is 4.55. The highest BCUT2D eigenvalue weighted by Crippen LogP contribution is 2.44. The quantitative estimate of drug-likeness (QED) is 0.162. The molecule has 0 atom stereocenters. The summed E-state index contributed by atoms with van der Waals surface area (Å²) in [6.45, 7) is 0. The number of aromatic nitrogens is 5. The third-order valence-electron chi connectivity index (χ3n) is 12.0. The molecule has 62 heavy (non-hydrogen) atoms. The fourth-order valence-electron chi connectivity index (χ4n) is 9.14. The van der Waals surface area contributed by atoms with Crippen LogP contribution in [0.25, 0.3) is 111 Å². The molecule has 3 heterocycles. The van der Waals surface area contributed by atoms with Crippen molar-refractivity contribution in [2.75, 3.05) is 0 Å². The van der Waals surface area contributed by atoms with Crippen LogP contribution in [0.3, 0.4) is 0 Å². The predicted molar refractivity (Wildman–Crippen MR) is 256 cm³/mol. The van der Waals surface area contributed by atoms with Gasteiger partial charge in [-0.25, -0.2) is 4.98 Å². The molecule has 0 fully saturated rings. The largest absolute Gasteiger partial charge is 0.309 e. The first-order valence-corrected chi connectivity index (χ1v) is 21.0. The summed E-state index contributed by atoms with van der Waals surface area (Å²) in [4.78, 5) is 15.6. The van der Waals surface area contributed by atoms with Gasteiger partial charge in [0, 0.05) is 38.2 Å². The second-order valence-electron chi connectivity index (χ2n) is 15.6. The van der Waals surface area contributed by atoms with Gasteiger partial charge in [0.25, 0.3) is 0 Å². The molecule has 0 unspecified atom stereocenters. The summed E-state index contributed by atoms with van der Waals surface area (Å²) < 4.78 is 4.71. The number of fused-ring (bicyclic) bond motifs is 7. The maximum Gasteiger partial charge on any atom is 0.238 e. The van der Waals surface area contributed by atoms with E-state index in [-0.39, 0.29) is 0 Å². The SMILES string of the molecule is c1ccc(-c2cccc(-c3cc(-c4ccccc4)ccc3-n3c4ccccc4c4c3ccc3c5ccccc5n(-c5nc(-c6ccccc6)nc(-c6ccccc6)n5)c34)c2)cc1. The Kier molecular flexibility index (Phi) is 8.42. The third-order valence-corrected chi connectivity index (χ3v) is 12.0. The van der Waals surface area contributed by atoms with Crippen LogP contribution in [0, 0.1) is 0 Å². The summed E-state index contributed by atoms with van der Waals surface area (Å²) in [5.74, 6) is 1.81. The highest BCUT2D eigenvalue weighted by atomic mass is 15.2. The van der Waals surface area contributed by atoms with Gasteiger partial charge in [0.2, 0.25) is 5.95 Å². The molecule has 5 nitrogen and oxygen atoms in total. The number of benzene rings is 9. The van der Waals surface area contributed by atoms with Crippen molar-refractivity contribution in [3.05, 3.63) is 224 Å². The van der Waals surface area contributed by atoms with Gasteiger partial charge in [-0.1, -0.05) is 188 Å². The summed E-state index contributed by atoms with van der Waals surface area (Å²) >= 11 is 0. The Hall–Kier alpha value is -8.41. The zero-order valence-electron chi connectivity index (χ0n) is 33.6. The average Bonchev–Trinajstić information content (AvgIpc) is 3.88. The van der Waals surface area contributed by atoms with E-state index in [9.17, 15) is 0 Å². The zero-order valence-corrected chi connectivity index (χ0v) is 33.6. The van der Waals surface area contributed by atoms with Gasteiger partial charge in [-0.05, 0) is 64.2 Å². The van der Waals surface area contributed by atoms with E-state index in [1.165, 1.54) is 16.7 Å².